The van der Waals surface area contributed by atoms with E-state index in [1.54, 1.807) is 0 Å². The molecule has 0 heteroatoms. The molecule has 0 aromatic carbocycles. The lowest BCUT2D eigenvalue weighted by Crippen LogP contribution is -2.31. The average molecular weight is 238 g/mol. The molecule has 0 N–H and O–H groups in total. The van der Waals surface area contributed by atoms with Gasteiger partial charge in [-0.2, -0.15) is 0 Å². The van der Waals surface area contributed by atoms with Crippen molar-refractivity contribution in [1.29, 1.82) is 0 Å². The van der Waals surface area contributed by atoms with Crippen molar-refractivity contribution in [3.05, 3.63) is 0 Å². The molecule has 0 aromatic rings. The summed E-state index contributed by atoms with van der Waals surface area (Å²) >= 11 is 0. The van der Waals surface area contributed by atoms with E-state index in [0.29, 0.717) is 5.41 Å². The zero-order valence-corrected chi connectivity index (χ0v) is 12.7. The van der Waals surface area contributed by atoms with Crippen LogP contribution in [0.1, 0.15) is 91.9 Å². The largest absolute Gasteiger partial charge is 0.0654 e. The first-order valence-electron chi connectivity index (χ1n) is 8.14. The number of hydrogen-bond acceptors (Lipinski definition) is 0. The molecule has 1 fully saturated rings. The van der Waals surface area contributed by atoms with E-state index in [9.17, 15) is 0 Å². The summed E-state index contributed by atoms with van der Waals surface area (Å²) in [4.78, 5) is 0. The molecule has 102 valence electrons. The topological polar surface area (TPSA) is 0 Å². The monoisotopic (exact) mass is 238 g/mol. The maximum Gasteiger partial charge on any atom is -0.0274 e. The molecule has 0 aromatic heterocycles. The van der Waals surface area contributed by atoms with Gasteiger partial charge in [0.1, 0.15) is 0 Å². The molecule has 2 unspecified atom stereocenters. The summed E-state index contributed by atoms with van der Waals surface area (Å²) < 4.78 is 0. The van der Waals surface area contributed by atoms with Gasteiger partial charge in [0.05, 0.1) is 0 Å². The van der Waals surface area contributed by atoms with Crippen molar-refractivity contribution in [2.24, 2.45) is 17.3 Å². The Morgan fingerprint density at radius 1 is 0.882 bits per heavy atom. The highest BCUT2D eigenvalue weighted by molar-refractivity contribution is 4.86. The molecule has 1 aliphatic rings. The molecule has 0 saturated heterocycles. The van der Waals surface area contributed by atoms with Crippen LogP contribution in [0.2, 0.25) is 0 Å². The fourth-order valence-electron chi connectivity index (χ4n) is 3.93. The van der Waals surface area contributed by atoms with Gasteiger partial charge in [0.2, 0.25) is 0 Å². The van der Waals surface area contributed by atoms with Gasteiger partial charge in [-0.25, -0.2) is 0 Å². The van der Waals surface area contributed by atoms with E-state index in [4.69, 9.17) is 0 Å². The van der Waals surface area contributed by atoms with Crippen molar-refractivity contribution in [1.82, 2.24) is 0 Å². The quantitative estimate of drug-likeness (QED) is 0.495. The molecule has 0 radical (unpaired) electrons. The third kappa shape index (κ3) is 4.30. The molecule has 1 aliphatic carbocycles. The van der Waals surface area contributed by atoms with Gasteiger partial charge < -0.3 is 0 Å². The van der Waals surface area contributed by atoms with Gasteiger partial charge in [0.15, 0.2) is 0 Å². The van der Waals surface area contributed by atoms with E-state index in [0.717, 1.165) is 11.8 Å². The van der Waals surface area contributed by atoms with Crippen molar-refractivity contribution in [2.45, 2.75) is 91.9 Å². The SMILES string of the molecule is CCCC(C)CCC(C)C1(CC)CCCCC1. The second-order valence-corrected chi connectivity index (χ2v) is 6.65. The first-order chi connectivity index (χ1) is 8.14. The maximum absolute atomic E-state index is 2.54. The second-order valence-electron chi connectivity index (χ2n) is 6.65. The van der Waals surface area contributed by atoms with Crippen molar-refractivity contribution < 1.29 is 0 Å². The normalized spacial score (nSPS) is 23.3. The summed E-state index contributed by atoms with van der Waals surface area (Å²) in [5, 5.41) is 0. The summed E-state index contributed by atoms with van der Waals surface area (Å²) in [6.45, 7) is 9.72. The van der Waals surface area contributed by atoms with Crippen molar-refractivity contribution in [2.75, 3.05) is 0 Å². The maximum atomic E-state index is 2.54. The van der Waals surface area contributed by atoms with Crippen LogP contribution in [0.25, 0.3) is 0 Å². The first kappa shape index (κ1) is 15.1. The lowest BCUT2D eigenvalue weighted by molar-refractivity contribution is 0.0901. The lowest BCUT2D eigenvalue weighted by atomic mass is 9.63. The molecule has 1 rings (SSSR count). The van der Waals surface area contributed by atoms with Gasteiger partial charge in [0.25, 0.3) is 0 Å². The second kappa shape index (κ2) is 7.44. The average Bonchev–Trinajstić information content (AvgIpc) is 2.37. The predicted molar refractivity (Wildman–Crippen MR) is 78.3 cm³/mol. The summed E-state index contributed by atoms with van der Waals surface area (Å²) in [5.41, 5.74) is 0.712. The molecule has 0 spiro atoms. The van der Waals surface area contributed by atoms with Crippen molar-refractivity contribution in [3.8, 4) is 0 Å². The van der Waals surface area contributed by atoms with Crippen LogP contribution in [-0.4, -0.2) is 0 Å². The third-order valence-corrected chi connectivity index (χ3v) is 5.47. The molecule has 0 aliphatic heterocycles. The van der Waals surface area contributed by atoms with Crippen molar-refractivity contribution in [3.63, 3.8) is 0 Å². The van der Waals surface area contributed by atoms with E-state index in [1.165, 1.54) is 64.2 Å². The molecule has 0 bridgehead atoms. The highest BCUT2D eigenvalue weighted by atomic mass is 14.4. The Kier molecular flexibility index (Phi) is 6.59. The van der Waals surface area contributed by atoms with Crippen LogP contribution >= 0.6 is 0 Å². The number of rotatable bonds is 7. The zero-order chi connectivity index (χ0) is 12.7. The summed E-state index contributed by atoms with van der Waals surface area (Å²) in [7, 11) is 0. The Morgan fingerprint density at radius 2 is 1.53 bits per heavy atom. The minimum Gasteiger partial charge on any atom is -0.0654 e. The minimum absolute atomic E-state index is 0.712. The van der Waals surface area contributed by atoms with E-state index < -0.39 is 0 Å². The Labute approximate surface area is 110 Å². The predicted octanol–water partition coefficient (Wildman–Crippen LogP) is 6.20. The van der Waals surface area contributed by atoms with Gasteiger partial charge in [-0.1, -0.05) is 72.6 Å². The Hall–Kier alpha value is 0. The Bertz CT molecular complexity index is 188. The molecule has 2 atom stereocenters. The van der Waals surface area contributed by atoms with Crippen LogP contribution in [-0.2, 0) is 0 Å². The van der Waals surface area contributed by atoms with Crippen LogP contribution in [0.4, 0.5) is 0 Å². The number of hydrogen-bond donors (Lipinski definition) is 0. The van der Waals surface area contributed by atoms with E-state index in [1.807, 2.05) is 0 Å². The molecule has 0 nitrogen and oxygen atoms in total. The smallest absolute Gasteiger partial charge is 0.0274 e. The van der Waals surface area contributed by atoms with Gasteiger partial charge in [-0.3, -0.25) is 0 Å². The first-order valence-corrected chi connectivity index (χ1v) is 8.14. The standard InChI is InChI=1S/C17H34/c1-5-10-15(3)11-12-16(4)17(6-2)13-8-7-9-14-17/h15-16H,5-14H2,1-4H3. The van der Waals surface area contributed by atoms with Gasteiger partial charge in [-0.05, 0) is 36.5 Å². The van der Waals surface area contributed by atoms with E-state index in [-0.39, 0.29) is 0 Å². The zero-order valence-electron chi connectivity index (χ0n) is 12.7. The van der Waals surface area contributed by atoms with E-state index >= 15 is 0 Å². The fraction of sp³-hybridized carbons (Fsp3) is 1.00. The molecular formula is C17H34. The minimum atomic E-state index is 0.712. The third-order valence-electron chi connectivity index (χ3n) is 5.47. The van der Waals surface area contributed by atoms with Crippen LogP contribution in [0.15, 0.2) is 0 Å². The molecule has 0 heterocycles. The van der Waals surface area contributed by atoms with Gasteiger partial charge in [0, 0.05) is 0 Å². The van der Waals surface area contributed by atoms with Gasteiger partial charge >= 0.3 is 0 Å². The van der Waals surface area contributed by atoms with Crippen molar-refractivity contribution >= 4 is 0 Å². The molecule has 17 heavy (non-hydrogen) atoms. The highest BCUT2D eigenvalue weighted by Gasteiger charge is 2.35. The lowest BCUT2D eigenvalue weighted by Gasteiger charge is -2.42. The van der Waals surface area contributed by atoms with Gasteiger partial charge in [-0.15, -0.1) is 0 Å². The summed E-state index contributed by atoms with van der Waals surface area (Å²) in [6, 6.07) is 0. The summed E-state index contributed by atoms with van der Waals surface area (Å²) in [6.07, 6.45) is 14.6. The fourth-order valence-corrected chi connectivity index (χ4v) is 3.93. The Morgan fingerprint density at radius 3 is 2.06 bits per heavy atom. The molecule has 0 amide bonds. The molecule has 1 saturated carbocycles. The van der Waals surface area contributed by atoms with Crippen LogP contribution < -0.4 is 0 Å². The highest BCUT2D eigenvalue weighted by Crippen LogP contribution is 2.47. The Balaban J connectivity index is 2.40. The van der Waals surface area contributed by atoms with E-state index in [2.05, 4.69) is 27.7 Å². The summed E-state index contributed by atoms with van der Waals surface area (Å²) in [5.74, 6) is 1.90. The van der Waals surface area contributed by atoms with Crippen LogP contribution in [0, 0.1) is 17.3 Å². The molecular weight excluding hydrogens is 204 g/mol. The van der Waals surface area contributed by atoms with Crippen LogP contribution in [0.3, 0.4) is 0 Å². The van der Waals surface area contributed by atoms with Crippen LogP contribution in [0.5, 0.6) is 0 Å².